The van der Waals surface area contributed by atoms with Gasteiger partial charge in [-0.25, -0.2) is 0 Å². The number of nitrogens with zero attached hydrogens (tertiary/aromatic N) is 1. The highest BCUT2D eigenvalue weighted by molar-refractivity contribution is 9.10. The molecule has 1 aromatic heterocycles. The first-order chi connectivity index (χ1) is 11.2. The Balaban J connectivity index is 1.86. The standard InChI is InChI=1S/C20H23BrN2/c1-13-2-5-18-15(10-13)3-4-16-11-17(21)12-23-20(16)19(18)14-6-8-22-9-7-14/h2,5,10-12,14,19,22H,3-4,6-9H2,1H3/t19-/m1/s1. The molecule has 3 heteroatoms. The summed E-state index contributed by atoms with van der Waals surface area (Å²) in [6.07, 6.45) is 6.69. The molecule has 1 saturated heterocycles. The maximum Gasteiger partial charge on any atom is 0.0514 e. The molecule has 1 fully saturated rings. The molecule has 0 radical (unpaired) electrons. The molecule has 1 N–H and O–H groups in total. The summed E-state index contributed by atoms with van der Waals surface area (Å²) in [6.45, 7) is 4.47. The van der Waals surface area contributed by atoms with Gasteiger partial charge in [-0.15, -0.1) is 0 Å². The van der Waals surface area contributed by atoms with Gasteiger partial charge in [-0.05, 0) is 90.3 Å². The third kappa shape index (κ3) is 2.97. The van der Waals surface area contributed by atoms with Crippen molar-refractivity contribution < 1.29 is 0 Å². The number of piperidine rings is 1. The van der Waals surface area contributed by atoms with Crippen molar-refractivity contribution >= 4 is 15.9 Å². The van der Waals surface area contributed by atoms with Gasteiger partial charge in [0.1, 0.15) is 0 Å². The van der Waals surface area contributed by atoms with Gasteiger partial charge in [0, 0.05) is 16.6 Å². The number of aryl methyl sites for hydroxylation is 3. The lowest BCUT2D eigenvalue weighted by atomic mass is 9.76. The Hall–Kier alpha value is -1.19. The Morgan fingerprint density at radius 2 is 1.87 bits per heavy atom. The van der Waals surface area contributed by atoms with Gasteiger partial charge >= 0.3 is 0 Å². The molecular formula is C20H23BrN2. The highest BCUT2D eigenvalue weighted by atomic mass is 79.9. The summed E-state index contributed by atoms with van der Waals surface area (Å²) in [4.78, 5) is 4.89. The fourth-order valence-corrected chi connectivity index (χ4v) is 4.68. The number of rotatable bonds is 1. The van der Waals surface area contributed by atoms with Crippen molar-refractivity contribution in [2.75, 3.05) is 13.1 Å². The minimum absolute atomic E-state index is 0.457. The Morgan fingerprint density at radius 1 is 1.09 bits per heavy atom. The van der Waals surface area contributed by atoms with Crippen LogP contribution in [0, 0.1) is 12.8 Å². The van der Waals surface area contributed by atoms with Gasteiger partial charge in [-0.2, -0.15) is 0 Å². The van der Waals surface area contributed by atoms with Crippen molar-refractivity contribution in [1.82, 2.24) is 10.3 Å². The van der Waals surface area contributed by atoms with Crippen LogP contribution < -0.4 is 5.32 Å². The van der Waals surface area contributed by atoms with Crippen LogP contribution >= 0.6 is 15.9 Å². The van der Waals surface area contributed by atoms with Gasteiger partial charge in [0.25, 0.3) is 0 Å². The van der Waals surface area contributed by atoms with Crippen LogP contribution in [0.1, 0.15) is 46.7 Å². The summed E-state index contributed by atoms with van der Waals surface area (Å²) in [5.41, 5.74) is 7.17. The van der Waals surface area contributed by atoms with Crippen LogP contribution in [-0.4, -0.2) is 18.1 Å². The van der Waals surface area contributed by atoms with Crippen LogP contribution in [0.2, 0.25) is 0 Å². The molecule has 1 aromatic carbocycles. The molecule has 1 aliphatic carbocycles. The van der Waals surface area contributed by atoms with Crippen molar-refractivity contribution in [3.8, 4) is 0 Å². The number of hydrogen-bond donors (Lipinski definition) is 1. The van der Waals surface area contributed by atoms with Gasteiger partial charge in [0.2, 0.25) is 0 Å². The number of benzene rings is 1. The van der Waals surface area contributed by atoms with Crippen LogP contribution in [-0.2, 0) is 12.8 Å². The average Bonchev–Trinajstić information content (AvgIpc) is 2.72. The molecule has 1 atom stereocenters. The van der Waals surface area contributed by atoms with E-state index in [1.807, 2.05) is 6.20 Å². The smallest absolute Gasteiger partial charge is 0.0514 e. The first-order valence-corrected chi connectivity index (χ1v) is 9.46. The summed E-state index contributed by atoms with van der Waals surface area (Å²) in [5.74, 6) is 1.15. The topological polar surface area (TPSA) is 24.9 Å². The van der Waals surface area contributed by atoms with Crippen molar-refractivity contribution in [2.45, 2.75) is 38.5 Å². The minimum Gasteiger partial charge on any atom is -0.317 e. The van der Waals surface area contributed by atoms with E-state index in [4.69, 9.17) is 4.98 Å². The zero-order valence-electron chi connectivity index (χ0n) is 13.6. The molecular weight excluding hydrogens is 348 g/mol. The second kappa shape index (κ2) is 6.37. The van der Waals surface area contributed by atoms with E-state index in [-0.39, 0.29) is 0 Å². The van der Waals surface area contributed by atoms with Crippen molar-refractivity contribution in [3.05, 3.63) is 62.9 Å². The summed E-state index contributed by atoms with van der Waals surface area (Å²) < 4.78 is 1.10. The van der Waals surface area contributed by atoms with Gasteiger partial charge < -0.3 is 5.32 Å². The largest absolute Gasteiger partial charge is 0.317 e. The van der Waals surface area contributed by atoms with E-state index in [0.717, 1.165) is 30.4 Å². The quantitative estimate of drug-likeness (QED) is 0.805. The number of pyridine rings is 1. The van der Waals surface area contributed by atoms with Gasteiger partial charge in [-0.1, -0.05) is 23.8 Å². The van der Waals surface area contributed by atoms with Gasteiger partial charge in [0.15, 0.2) is 0 Å². The fraction of sp³-hybridized carbons (Fsp3) is 0.450. The third-order valence-corrected chi connectivity index (χ3v) is 5.85. The van der Waals surface area contributed by atoms with E-state index in [2.05, 4.69) is 52.4 Å². The SMILES string of the molecule is Cc1ccc2c(c1)CCc1cc(Br)cnc1[C@@H]2C1CCNCC1. The first kappa shape index (κ1) is 15.3. The van der Waals surface area contributed by atoms with E-state index in [9.17, 15) is 0 Å². The molecule has 2 aromatic rings. The molecule has 0 bridgehead atoms. The lowest BCUT2D eigenvalue weighted by molar-refractivity contribution is 0.338. The number of fused-ring (bicyclic) bond motifs is 2. The molecule has 0 spiro atoms. The zero-order valence-corrected chi connectivity index (χ0v) is 15.2. The molecule has 4 rings (SSSR count). The molecule has 2 aliphatic rings. The average molecular weight is 371 g/mol. The predicted molar refractivity (Wildman–Crippen MR) is 98.0 cm³/mol. The molecule has 0 unspecified atom stereocenters. The fourth-order valence-electron chi connectivity index (χ4n) is 4.30. The van der Waals surface area contributed by atoms with Gasteiger partial charge in [0.05, 0.1) is 5.69 Å². The van der Waals surface area contributed by atoms with Crippen molar-refractivity contribution in [1.29, 1.82) is 0 Å². The highest BCUT2D eigenvalue weighted by Crippen LogP contribution is 2.42. The minimum atomic E-state index is 0.457. The Bertz CT molecular complexity index is 666. The summed E-state index contributed by atoms with van der Waals surface area (Å²) in [6, 6.07) is 9.33. The maximum absolute atomic E-state index is 4.89. The molecule has 0 amide bonds. The number of nitrogens with one attached hydrogen (secondary N) is 1. The second-order valence-corrected chi connectivity index (χ2v) is 7.88. The van der Waals surface area contributed by atoms with E-state index in [1.165, 1.54) is 40.8 Å². The molecule has 0 saturated carbocycles. The van der Waals surface area contributed by atoms with Crippen molar-refractivity contribution in [2.24, 2.45) is 5.92 Å². The van der Waals surface area contributed by atoms with Crippen LogP contribution in [0.3, 0.4) is 0 Å². The van der Waals surface area contributed by atoms with E-state index in [1.54, 1.807) is 0 Å². The zero-order chi connectivity index (χ0) is 15.8. The van der Waals surface area contributed by atoms with E-state index >= 15 is 0 Å². The summed E-state index contributed by atoms with van der Waals surface area (Å²) >= 11 is 3.61. The lowest BCUT2D eigenvalue weighted by Gasteiger charge is -2.32. The molecule has 23 heavy (non-hydrogen) atoms. The maximum atomic E-state index is 4.89. The Labute approximate surface area is 146 Å². The van der Waals surface area contributed by atoms with Crippen LogP contribution in [0.5, 0.6) is 0 Å². The Morgan fingerprint density at radius 3 is 2.70 bits per heavy atom. The molecule has 2 nitrogen and oxygen atoms in total. The van der Waals surface area contributed by atoms with Gasteiger partial charge in [-0.3, -0.25) is 4.98 Å². The monoisotopic (exact) mass is 370 g/mol. The van der Waals surface area contributed by atoms with E-state index in [0.29, 0.717) is 11.8 Å². The van der Waals surface area contributed by atoms with E-state index < -0.39 is 0 Å². The summed E-state index contributed by atoms with van der Waals surface area (Å²) in [5, 5.41) is 3.51. The second-order valence-electron chi connectivity index (χ2n) is 6.97. The number of hydrogen-bond acceptors (Lipinski definition) is 2. The van der Waals surface area contributed by atoms with Crippen LogP contribution in [0.4, 0.5) is 0 Å². The molecule has 2 heterocycles. The normalized spacial score (nSPS) is 21.4. The number of aromatic nitrogens is 1. The Kier molecular flexibility index (Phi) is 4.25. The lowest BCUT2D eigenvalue weighted by Crippen LogP contribution is -2.32. The highest BCUT2D eigenvalue weighted by Gasteiger charge is 2.32. The summed E-state index contributed by atoms with van der Waals surface area (Å²) in [7, 11) is 0. The number of halogens is 1. The van der Waals surface area contributed by atoms with Crippen LogP contribution in [0.25, 0.3) is 0 Å². The molecule has 1 aliphatic heterocycles. The first-order valence-electron chi connectivity index (χ1n) is 8.67. The third-order valence-electron chi connectivity index (χ3n) is 5.42. The predicted octanol–water partition coefficient (Wildman–Crippen LogP) is 4.38. The molecule has 120 valence electrons. The van der Waals surface area contributed by atoms with Crippen LogP contribution in [0.15, 0.2) is 34.9 Å². The van der Waals surface area contributed by atoms with Crippen molar-refractivity contribution in [3.63, 3.8) is 0 Å².